The largest absolute Gasteiger partial charge is 0.382 e. The van der Waals surface area contributed by atoms with Gasteiger partial charge in [-0.05, 0) is 50.6 Å². The van der Waals surface area contributed by atoms with Crippen molar-refractivity contribution in [2.45, 2.75) is 32.2 Å². The average Bonchev–Trinajstić information content (AvgIpc) is 2.54. The molecule has 1 N–H and O–H groups in total. The van der Waals surface area contributed by atoms with E-state index < -0.39 is 0 Å². The van der Waals surface area contributed by atoms with Crippen LogP contribution in [0.5, 0.6) is 0 Å². The lowest BCUT2D eigenvalue weighted by molar-refractivity contribution is 0.300. The van der Waals surface area contributed by atoms with Gasteiger partial charge >= 0.3 is 0 Å². The highest BCUT2D eigenvalue weighted by Crippen LogP contribution is 2.17. The van der Waals surface area contributed by atoms with Gasteiger partial charge in [-0.2, -0.15) is 0 Å². The molecule has 2 rings (SSSR count). The summed E-state index contributed by atoms with van der Waals surface area (Å²) in [7, 11) is 0. The maximum absolute atomic E-state index is 13.1. The lowest BCUT2D eigenvalue weighted by atomic mass is 10.1. The molecule has 0 spiro atoms. The fourth-order valence-corrected chi connectivity index (χ4v) is 2.43. The molecule has 1 atom stereocenters. The molecule has 0 amide bonds. The fraction of sp³-hybridized carbons (Fsp3) is 0.571. The van der Waals surface area contributed by atoms with Gasteiger partial charge in [-0.15, -0.1) is 0 Å². The Hall–Kier alpha value is -1.09. The first-order valence-electron chi connectivity index (χ1n) is 6.52. The summed E-state index contributed by atoms with van der Waals surface area (Å²) < 4.78 is 13.1. The first kappa shape index (κ1) is 12.4. The molecule has 0 saturated carbocycles. The number of benzene rings is 1. The zero-order valence-corrected chi connectivity index (χ0v) is 10.5. The Labute approximate surface area is 103 Å². The number of likely N-dealkylation sites (tertiary alicyclic amines) is 1. The topological polar surface area (TPSA) is 15.3 Å². The quantitative estimate of drug-likeness (QED) is 0.867. The van der Waals surface area contributed by atoms with Gasteiger partial charge in [-0.3, -0.25) is 0 Å². The van der Waals surface area contributed by atoms with Crippen LogP contribution in [0, 0.1) is 5.82 Å². The summed E-state index contributed by atoms with van der Waals surface area (Å²) in [6.07, 6.45) is 3.54. The summed E-state index contributed by atoms with van der Waals surface area (Å²) in [5, 5.41) is 3.44. The molecule has 1 fully saturated rings. The van der Waals surface area contributed by atoms with Crippen molar-refractivity contribution in [1.29, 1.82) is 0 Å². The van der Waals surface area contributed by atoms with Crippen molar-refractivity contribution < 1.29 is 4.39 Å². The van der Waals surface area contributed by atoms with E-state index in [2.05, 4.69) is 17.1 Å². The molecule has 1 heterocycles. The number of halogens is 1. The number of hydrogen-bond acceptors (Lipinski definition) is 2. The van der Waals surface area contributed by atoms with Crippen LogP contribution in [-0.2, 0) is 0 Å². The van der Waals surface area contributed by atoms with Gasteiger partial charge in [0, 0.05) is 18.3 Å². The van der Waals surface area contributed by atoms with Crippen molar-refractivity contribution in [2.24, 2.45) is 0 Å². The lowest BCUT2D eigenvalue weighted by Gasteiger charge is -2.19. The third kappa shape index (κ3) is 3.70. The van der Waals surface area contributed by atoms with E-state index in [1.165, 1.54) is 25.5 Å². The summed E-state index contributed by atoms with van der Waals surface area (Å²) in [4.78, 5) is 2.48. The van der Waals surface area contributed by atoms with Crippen LogP contribution in [0.1, 0.15) is 26.2 Å². The van der Waals surface area contributed by atoms with E-state index in [4.69, 9.17) is 0 Å². The van der Waals surface area contributed by atoms with Gasteiger partial charge in [0.1, 0.15) is 5.82 Å². The Morgan fingerprint density at radius 2 is 2.24 bits per heavy atom. The van der Waals surface area contributed by atoms with Crippen LogP contribution in [0.25, 0.3) is 0 Å². The molecule has 1 aliphatic heterocycles. The number of nitrogens with zero attached hydrogens (tertiary/aromatic N) is 1. The molecule has 1 saturated heterocycles. The van der Waals surface area contributed by atoms with Gasteiger partial charge < -0.3 is 10.2 Å². The van der Waals surface area contributed by atoms with Crippen molar-refractivity contribution in [3.05, 3.63) is 30.1 Å². The Kier molecular flexibility index (Phi) is 4.37. The highest BCUT2D eigenvalue weighted by Gasteiger charge is 2.15. The van der Waals surface area contributed by atoms with Crippen LogP contribution < -0.4 is 5.32 Å². The Balaban J connectivity index is 1.90. The maximum atomic E-state index is 13.1. The Morgan fingerprint density at radius 3 is 3.00 bits per heavy atom. The molecular weight excluding hydrogens is 215 g/mol. The van der Waals surface area contributed by atoms with Gasteiger partial charge in [0.2, 0.25) is 0 Å². The predicted octanol–water partition coefficient (Wildman–Crippen LogP) is 3.11. The fourth-order valence-electron chi connectivity index (χ4n) is 2.43. The van der Waals surface area contributed by atoms with E-state index in [0.29, 0.717) is 6.04 Å². The van der Waals surface area contributed by atoms with Gasteiger partial charge in [0.25, 0.3) is 0 Å². The van der Waals surface area contributed by atoms with E-state index in [1.54, 1.807) is 12.1 Å². The van der Waals surface area contributed by atoms with E-state index >= 15 is 0 Å². The third-order valence-electron chi connectivity index (χ3n) is 3.46. The smallest absolute Gasteiger partial charge is 0.125 e. The standard InChI is InChI=1S/C14H21FN2/c1-2-17-9-4-7-13(8-10-17)16-14-6-3-5-12(15)11-14/h3,5-6,11,13,16H,2,4,7-10H2,1H3. The highest BCUT2D eigenvalue weighted by atomic mass is 19.1. The van der Waals surface area contributed by atoms with E-state index in [-0.39, 0.29) is 5.82 Å². The van der Waals surface area contributed by atoms with E-state index in [0.717, 1.165) is 25.2 Å². The van der Waals surface area contributed by atoms with Crippen molar-refractivity contribution in [3.8, 4) is 0 Å². The molecule has 1 aliphatic rings. The van der Waals surface area contributed by atoms with Crippen LogP contribution in [0.15, 0.2) is 24.3 Å². The third-order valence-corrected chi connectivity index (χ3v) is 3.46. The maximum Gasteiger partial charge on any atom is 0.125 e. The predicted molar refractivity (Wildman–Crippen MR) is 69.8 cm³/mol. The van der Waals surface area contributed by atoms with E-state index in [1.807, 2.05) is 6.07 Å². The van der Waals surface area contributed by atoms with Crippen LogP contribution in [0.2, 0.25) is 0 Å². The second-order valence-corrected chi connectivity index (χ2v) is 4.72. The minimum Gasteiger partial charge on any atom is -0.382 e. The van der Waals surface area contributed by atoms with Crippen molar-refractivity contribution >= 4 is 5.69 Å². The van der Waals surface area contributed by atoms with Crippen molar-refractivity contribution in [3.63, 3.8) is 0 Å². The van der Waals surface area contributed by atoms with Gasteiger partial charge in [0.15, 0.2) is 0 Å². The van der Waals surface area contributed by atoms with Crippen LogP contribution in [0.4, 0.5) is 10.1 Å². The summed E-state index contributed by atoms with van der Waals surface area (Å²) in [5.41, 5.74) is 0.903. The number of hydrogen-bond donors (Lipinski definition) is 1. The average molecular weight is 236 g/mol. The molecule has 1 unspecified atom stereocenters. The molecule has 3 heteroatoms. The van der Waals surface area contributed by atoms with Crippen molar-refractivity contribution in [1.82, 2.24) is 4.90 Å². The SMILES string of the molecule is CCN1CCCC(Nc2cccc(F)c2)CC1. The zero-order valence-electron chi connectivity index (χ0n) is 10.5. The summed E-state index contributed by atoms with van der Waals surface area (Å²) in [6, 6.07) is 7.23. The minimum absolute atomic E-state index is 0.168. The van der Waals surface area contributed by atoms with E-state index in [9.17, 15) is 4.39 Å². The molecule has 1 aromatic carbocycles. The molecule has 0 aromatic heterocycles. The zero-order chi connectivity index (χ0) is 12.1. The Bertz CT molecular complexity index is 354. The first-order chi connectivity index (χ1) is 8.28. The van der Waals surface area contributed by atoms with Crippen LogP contribution in [0.3, 0.4) is 0 Å². The lowest BCUT2D eigenvalue weighted by Crippen LogP contribution is -2.26. The molecule has 2 nitrogen and oxygen atoms in total. The van der Waals surface area contributed by atoms with Gasteiger partial charge in [-0.1, -0.05) is 13.0 Å². The molecule has 1 aromatic rings. The number of rotatable bonds is 3. The highest BCUT2D eigenvalue weighted by molar-refractivity contribution is 5.43. The number of nitrogens with one attached hydrogen (secondary N) is 1. The van der Waals surface area contributed by atoms with Gasteiger partial charge in [0.05, 0.1) is 0 Å². The normalized spacial score (nSPS) is 22.1. The second kappa shape index (κ2) is 6.01. The summed E-state index contributed by atoms with van der Waals surface area (Å²) in [6.45, 7) is 5.67. The van der Waals surface area contributed by atoms with Crippen LogP contribution in [-0.4, -0.2) is 30.6 Å². The summed E-state index contributed by atoms with van der Waals surface area (Å²) >= 11 is 0. The first-order valence-corrected chi connectivity index (χ1v) is 6.52. The summed E-state index contributed by atoms with van der Waals surface area (Å²) in [5.74, 6) is -0.168. The Morgan fingerprint density at radius 1 is 1.35 bits per heavy atom. The molecular formula is C14H21FN2. The van der Waals surface area contributed by atoms with Gasteiger partial charge in [-0.25, -0.2) is 4.39 Å². The second-order valence-electron chi connectivity index (χ2n) is 4.72. The van der Waals surface area contributed by atoms with Crippen LogP contribution >= 0.6 is 0 Å². The molecule has 0 bridgehead atoms. The molecule has 17 heavy (non-hydrogen) atoms. The minimum atomic E-state index is -0.168. The molecule has 94 valence electrons. The monoisotopic (exact) mass is 236 g/mol. The molecule has 0 aliphatic carbocycles. The molecule has 0 radical (unpaired) electrons. The van der Waals surface area contributed by atoms with Crippen molar-refractivity contribution in [2.75, 3.05) is 25.0 Å². The number of anilines is 1.